The zero-order chi connectivity index (χ0) is 66.1. The summed E-state index contributed by atoms with van der Waals surface area (Å²) >= 11 is 6.26. The summed E-state index contributed by atoms with van der Waals surface area (Å²) in [5.74, 6) is 0.624. The smallest absolute Gasteiger partial charge is 0.294 e. The van der Waals surface area contributed by atoms with E-state index in [9.17, 15) is 61.5 Å². The summed E-state index contributed by atoms with van der Waals surface area (Å²) in [6.45, 7) is 9.20. The third-order valence-corrected chi connectivity index (χ3v) is 20.7. The molecule has 91 heavy (non-hydrogen) atoms. The van der Waals surface area contributed by atoms with Crippen LogP contribution in [-0.4, -0.2) is 145 Å². The van der Waals surface area contributed by atoms with Gasteiger partial charge in [-0.25, -0.2) is 0 Å². The molecule has 6 N–H and O–H groups in total. The summed E-state index contributed by atoms with van der Waals surface area (Å²) in [5, 5.41) is 15.4. The first-order valence-electron chi connectivity index (χ1n) is 30.3. The number of unbranched alkanes of at least 4 members (excludes halogenated alkanes) is 6. The van der Waals surface area contributed by atoms with Crippen LogP contribution in [0.5, 0.6) is 5.75 Å². The van der Waals surface area contributed by atoms with Crippen molar-refractivity contribution in [3.05, 3.63) is 142 Å². The molecule has 2 amide bonds. The number of hydrogen-bond donors (Lipinski definition) is 6. The Morgan fingerprint density at radius 1 is 0.703 bits per heavy atom. The van der Waals surface area contributed by atoms with Crippen LogP contribution >= 0.6 is 11.6 Å². The first kappa shape index (κ1) is 70.2. The molecule has 0 spiro atoms. The maximum Gasteiger partial charge on any atom is 0.294 e. The molecule has 2 unspecified atom stereocenters. The van der Waals surface area contributed by atoms with E-state index >= 15 is 0 Å². The Bertz CT molecular complexity index is 4120. The number of aliphatic imine (C=N–C) groups is 1. The van der Waals surface area contributed by atoms with E-state index in [0.29, 0.717) is 135 Å². The number of nitrogens with one attached hydrogen (secondary N) is 2. The van der Waals surface area contributed by atoms with E-state index in [-0.39, 0.29) is 53.3 Å². The molecule has 23 nitrogen and oxygen atoms in total. The number of aryl methyl sites for hydroxylation is 1. The second-order valence-electron chi connectivity index (χ2n) is 24.0. The molecule has 4 aromatic carbocycles. The van der Waals surface area contributed by atoms with Crippen molar-refractivity contribution in [2.24, 2.45) is 4.99 Å². The topological polar surface area (TPSA) is 334 Å². The molecule has 492 valence electrons. The SMILES string of the molecule is COc1ccc2c(c1)C(c1ccc(Cl)cc1)=N[C@@H](CC(=O)NCCCCCNC(=O)CCCCCC1(C)c3cc(S(=O)(=O)O)ccc3N(CCCCS(=O)(=O)O)C1C/C=C/C=C/C1=[N+](CCCCS(=O)(=O)O)c3ccc(S(=O)(=O)O)cc3C1(C)C)c1nnc(C)n1-2. The summed E-state index contributed by atoms with van der Waals surface area (Å²) in [6, 6.07) is 20.8. The highest BCUT2D eigenvalue weighted by Gasteiger charge is 2.48. The van der Waals surface area contributed by atoms with Crippen molar-refractivity contribution in [1.82, 2.24) is 25.4 Å². The average molecular weight is 1350 g/mol. The van der Waals surface area contributed by atoms with Gasteiger partial charge in [0.05, 0.1) is 51.6 Å². The molecule has 0 saturated heterocycles. The Kier molecular flexibility index (Phi) is 22.8. The predicted molar refractivity (Wildman–Crippen MR) is 348 cm³/mol. The lowest BCUT2D eigenvalue weighted by Gasteiger charge is -2.37. The van der Waals surface area contributed by atoms with Gasteiger partial charge in [0.1, 0.15) is 24.2 Å². The molecule has 4 heterocycles. The number of rotatable bonds is 32. The van der Waals surface area contributed by atoms with E-state index < -0.39 is 68.9 Å². The quantitative estimate of drug-likeness (QED) is 0.0101. The molecule has 0 saturated carbocycles. The fourth-order valence-corrected chi connectivity index (χ4v) is 14.8. The number of aromatic nitrogens is 3. The summed E-state index contributed by atoms with van der Waals surface area (Å²) in [7, 11) is -16.0. The molecule has 0 aliphatic carbocycles. The maximum atomic E-state index is 13.5. The largest absolute Gasteiger partial charge is 0.497 e. The van der Waals surface area contributed by atoms with Gasteiger partial charge in [0.15, 0.2) is 11.5 Å². The molecule has 5 aromatic rings. The Balaban J connectivity index is 0.872. The molecule has 3 atom stereocenters. The Labute approximate surface area is 538 Å². The lowest BCUT2D eigenvalue weighted by Crippen LogP contribution is -2.43. The molecule has 28 heteroatoms. The molecular weight excluding hydrogens is 1270 g/mol. The number of hydrogen-bond acceptors (Lipinski definition) is 15. The van der Waals surface area contributed by atoms with E-state index in [1.54, 1.807) is 31.4 Å². The number of halogens is 1. The van der Waals surface area contributed by atoms with Gasteiger partial charge in [0, 0.05) is 83.5 Å². The molecule has 1 aromatic heterocycles. The zero-order valence-corrected chi connectivity index (χ0v) is 55.6. The van der Waals surface area contributed by atoms with Gasteiger partial charge in [0.25, 0.3) is 40.5 Å². The highest BCUT2D eigenvalue weighted by molar-refractivity contribution is 7.86. The van der Waals surface area contributed by atoms with E-state index in [0.717, 1.165) is 28.9 Å². The van der Waals surface area contributed by atoms with Crippen molar-refractivity contribution in [1.29, 1.82) is 0 Å². The van der Waals surface area contributed by atoms with Gasteiger partial charge in [-0.1, -0.05) is 61.7 Å². The van der Waals surface area contributed by atoms with E-state index in [2.05, 4.69) is 25.7 Å². The summed E-state index contributed by atoms with van der Waals surface area (Å²) in [6.07, 6.45) is 13.7. The average Bonchev–Trinajstić information content (AvgIpc) is 1.61. The number of amides is 2. The van der Waals surface area contributed by atoms with Crippen molar-refractivity contribution in [2.45, 2.75) is 150 Å². The fourth-order valence-electron chi connectivity index (χ4n) is 12.5. The third kappa shape index (κ3) is 17.7. The second-order valence-corrected chi connectivity index (χ2v) is 30.4. The lowest BCUT2D eigenvalue weighted by atomic mass is 9.73. The normalized spacial score (nSPS) is 18.0. The number of ether oxygens (including phenoxy) is 1. The van der Waals surface area contributed by atoms with Crippen LogP contribution in [0.3, 0.4) is 0 Å². The van der Waals surface area contributed by atoms with Gasteiger partial charge in [-0.15, -0.1) is 10.2 Å². The standard InChI is InChI=1S/C63H79ClN8O15S4/c1-43-68-69-61-52(67-60(44-22-24-45(64)25-23-44)49-39-46(87-5)26-29-53(49)72(43)61)42-59(74)66-34-14-8-13-33-65-58(73)21-11-7-12-32-63(4)51-41-48(91(84,85)86)28-31-55(51)71(36-16-18-38-89(78,79)80)57(63)20-10-6-9-19-56-62(2,3)50-40-47(90(81,82)83)27-30-54(50)70(56)35-15-17-37-88(75,76)77/h6,9-10,19,22-31,39-41,52,57H,7-8,11-18,20-21,32-38,42H2,1-5H3,(H5-,65,66,73,74,75,76,77,78,79,80,81,82,83,84,85,86)/p+1/b10-6+,19-9+/t52-,57?,63?/m0/s1. The van der Waals surface area contributed by atoms with Crippen LogP contribution in [0.15, 0.2) is 118 Å². The van der Waals surface area contributed by atoms with Crippen LogP contribution in [0.1, 0.15) is 151 Å². The monoisotopic (exact) mass is 1350 g/mol. The summed E-state index contributed by atoms with van der Waals surface area (Å²) in [5.41, 5.74) is 4.93. The van der Waals surface area contributed by atoms with E-state index in [4.69, 9.17) is 21.3 Å². The van der Waals surface area contributed by atoms with Gasteiger partial charge in [-0.05, 0) is 145 Å². The first-order chi connectivity index (χ1) is 42.9. The van der Waals surface area contributed by atoms with Gasteiger partial charge >= 0.3 is 0 Å². The fraction of sp³-hybridized carbons (Fsp3) is 0.460. The van der Waals surface area contributed by atoms with Crippen molar-refractivity contribution in [3.63, 3.8) is 0 Å². The van der Waals surface area contributed by atoms with Crippen molar-refractivity contribution >= 4 is 86.7 Å². The number of carbonyl (C=O) groups excluding carboxylic acids is 2. The molecule has 8 rings (SSSR count). The zero-order valence-electron chi connectivity index (χ0n) is 51.6. The molecule has 0 bridgehead atoms. The van der Waals surface area contributed by atoms with Crippen molar-refractivity contribution < 1.29 is 70.8 Å². The van der Waals surface area contributed by atoms with Gasteiger partial charge in [-0.2, -0.15) is 38.2 Å². The molecule has 3 aliphatic rings. The van der Waals surface area contributed by atoms with Gasteiger partial charge < -0.3 is 20.3 Å². The third-order valence-electron chi connectivity index (χ3n) is 17.1. The number of allylic oxidation sites excluding steroid dienone is 3. The Hall–Kier alpha value is -6.69. The van der Waals surface area contributed by atoms with Crippen molar-refractivity contribution in [3.8, 4) is 11.4 Å². The minimum atomic E-state index is -4.62. The van der Waals surface area contributed by atoms with E-state index in [1.807, 2.05) is 91.5 Å². The lowest BCUT2D eigenvalue weighted by molar-refractivity contribution is -0.438. The minimum Gasteiger partial charge on any atom is -0.497 e. The molecule has 3 aliphatic heterocycles. The van der Waals surface area contributed by atoms with Crippen LogP contribution in [0.25, 0.3) is 5.69 Å². The number of nitrogens with zero attached hydrogens (tertiary/aromatic N) is 6. The van der Waals surface area contributed by atoms with Gasteiger partial charge in [0.2, 0.25) is 17.5 Å². The number of benzene rings is 4. The van der Waals surface area contributed by atoms with Gasteiger partial charge in [-0.3, -0.25) is 37.4 Å². The minimum absolute atomic E-state index is 0.0241. The van der Waals surface area contributed by atoms with Crippen LogP contribution < -0.4 is 20.3 Å². The van der Waals surface area contributed by atoms with E-state index in [1.165, 1.54) is 24.3 Å². The summed E-state index contributed by atoms with van der Waals surface area (Å²) < 4.78 is 145. The number of fused-ring (bicyclic) bond motifs is 5. The first-order valence-corrected chi connectivity index (χ1v) is 36.7. The van der Waals surface area contributed by atoms with Crippen LogP contribution in [0, 0.1) is 6.92 Å². The van der Waals surface area contributed by atoms with Crippen LogP contribution in [0.4, 0.5) is 11.4 Å². The number of methoxy groups -OCH3 is 1. The highest BCUT2D eigenvalue weighted by atomic mass is 35.5. The Morgan fingerprint density at radius 3 is 1.99 bits per heavy atom. The van der Waals surface area contributed by atoms with Crippen molar-refractivity contribution in [2.75, 3.05) is 49.7 Å². The number of carbonyl (C=O) groups is 2. The highest BCUT2D eigenvalue weighted by Crippen LogP contribution is 2.51. The Morgan fingerprint density at radius 2 is 1.33 bits per heavy atom. The van der Waals surface area contributed by atoms with Crippen LogP contribution in [0.2, 0.25) is 5.02 Å². The number of anilines is 1. The van der Waals surface area contributed by atoms with Crippen LogP contribution in [-0.2, 0) is 60.9 Å². The summed E-state index contributed by atoms with van der Waals surface area (Å²) in [4.78, 5) is 33.3. The molecule has 0 fully saturated rings. The maximum absolute atomic E-state index is 13.5. The predicted octanol–water partition coefficient (Wildman–Crippen LogP) is 9.43. The molecule has 0 radical (unpaired) electrons. The second kappa shape index (κ2) is 29.5. The molecular formula is C63H80ClN8O15S4+.